The monoisotopic (exact) mass is 270 g/mol. The van der Waals surface area contributed by atoms with Crippen LogP contribution in [0.1, 0.15) is 53.4 Å². The van der Waals surface area contributed by atoms with Crippen LogP contribution in [0.2, 0.25) is 0 Å². The van der Waals surface area contributed by atoms with Gasteiger partial charge in [-0.05, 0) is 12.8 Å². The summed E-state index contributed by atoms with van der Waals surface area (Å²) in [6, 6.07) is 0. The third-order valence-corrected chi connectivity index (χ3v) is 9.05. The molecule has 0 bridgehead atoms. The van der Waals surface area contributed by atoms with Crippen molar-refractivity contribution in [2.24, 2.45) is 0 Å². The van der Waals surface area contributed by atoms with E-state index in [1.54, 1.807) is 0 Å². The van der Waals surface area contributed by atoms with Crippen molar-refractivity contribution in [3.8, 4) is 0 Å². The molecule has 0 saturated carbocycles. The van der Waals surface area contributed by atoms with Gasteiger partial charge < -0.3 is 4.89 Å². The zero-order valence-corrected chi connectivity index (χ0v) is 12.6. The van der Waals surface area contributed by atoms with E-state index in [2.05, 4.69) is 13.8 Å². The Bertz CT molecular complexity index is 194. The molecule has 2 unspecified atom stereocenters. The standard InChI is InChI=1S/C10H23O2PS2/c1-5-7-9(3)14-13(11,12)15-10(4)8-6-2/h9-10H,5-8H2,1-4H3,(H,11,12). The Balaban J connectivity index is 4.00. The summed E-state index contributed by atoms with van der Waals surface area (Å²) in [5.74, 6) is -3.03. The van der Waals surface area contributed by atoms with E-state index >= 15 is 0 Å². The molecule has 0 aromatic heterocycles. The van der Waals surface area contributed by atoms with Crippen molar-refractivity contribution in [1.29, 1.82) is 0 Å². The first-order valence-corrected chi connectivity index (χ1v) is 10.2. The van der Waals surface area contributed by atoms with Gasteiger partial charge in [0.2, 0.25) is 0 Å². The number of hydrogen-bond donors (Lipinski definition) is 1. The van der Waals surface area contributed by atoms with E-state index in [-0.39, 0.29) is 10.5 Å². The van der Waals surface area contributed by atoms with Crippen molar-refractivity contribution >= 4 is 28.5 Å². The second kappa shape index (κ2) is 8.05. The Hall–Kier alpha value is 0.890. The largest absolute Gasteiger partial charge is 0.329 e. The predicted molar refractivity (Wildman–Crippen MR) is 73.7 cm³/mol. The van der Waals surface area contributed by atoms with E-state index in [9.17, 15) is 9.46 Å². The maximum absolute atomic E-state index is 11.9. The summed E-state index contributed by atoms with van der Waals surface area (Å²) >= 11 is 2.51. The van der Waals surface area contributed by atoms with Crippen molar-refractivity contribution in [3.63, 3.8) is 0 Å². The van der Waals surface area contributed by atoms with Crippen molar-refractivity contribution in [2.75, 3.05) is 0 Å². The molecule has 0 aliphatic rings. The van der Waals surface area contributed by atoms with E-state index in [0.717, 1.165) is 25.7 Å². The van der Waals surface area contributed by atoms with Gasteiger partial charge in [0.25, 0.3) is 0 Å². The molecule has 5 heteroatoms. The molecule has 2 nitrogen and oxygen atoms in total. The summed E-state index contributed by atoms with van der Waals surface area (Å²) in [6.07, 6.45) is 4.17. The molecule has 2 atom stereocenters. The molecule has 0 rings (SSSR count). The van der Waals surface area contributed by atoms with Crippen LogP contribution in [0.5, 0.6) is 0 Å². The Kier molecular flexibility index (Phi) is 8.53. The first kappa shape index (κ1) is 15.9. The molecule has 0 aromatic carbocycles. The van der Waals surface area contributed by atoms with Crippen LogP contribution in [0.4, 0.5) is 0 Å². The summed E-state index contributed by atoms with van der Waals surface area (Å²) in [5, 5.41) is 0.569. The first-order valence-electron chi connectivity index (χ1n) is 5.60. The molecule has 0 spiro atoms. The van der Waals surface area contributed by atoms with Crippen LogP contribution in [0.3, 0.4) is 0 Å². The molecule has 1 N–H and O–H groups in total. The van der Waals surface area contributed by atoms with Gasteiger partial charge in [-0.1, -0.05) is 63.3 Å². The molecular formula is C10H23O2PS2. The van der Waals surface area contributed by atoms with Gasteiger partial charge in [0.1, 0.15) is 0 Å². The Morgan fingerprint density at radius 3 is 1.67 bits per heavy atom. The normalized spacial score (nSPS) is 19.5. The van der Waals surface area contributed by atoms with E-state index in [0.29, 0.717) is 0 Å². The van der Waals surface area contributed by atoms with Crippen molar-refractivity contribution in [1.82, 2.24) is 0 Å². The molecule has 15 heavy (non-hydrogen) atoms. The molecule has 0 aromatic rings. The summed E-state index contributed by atoms with van der Waals surface area (Å²) in [4.78, 5) is 9.79. The van der Waals surface area contributed by atoms with Gasteiger partial charge in [-0.25, -0.2) is 0 Å². The van der Waals surface area contributed by atoms with E-state index in [1.165, 1.54) is 22.8 Å². The molecule has 0 aliphatic carbocycles. The van der Waals surface area contributed by atoms with Crippen molar-refractivity contribution in [3.05, 3.63) is 0 Å². The first-order chi connectivity index (χ1) is 6.91. The highest BCUT2D eigenvalue weighted by molar-refractivity contribution is 8.89. The SMILES string of the molecule is CCCC(C)SP(=O)(O)SC(C)CCC. The fourth-order valence-electron chi connectivity index (χ4n) is 1.40. The second-order valence-electron chi connectivity index (χ2n) is 3.88. The molecular weight excluding hydrogens is 247 g/mol. The molecule has 0 saturated heterocycles. The van der Waals surface area contributed by atoms with E-state index < -0.39 is 5.77 Å². The van der Waals surface area contributed by atoms with Crippen LogP contribution >= 0.6 is 28.5 Å². The highest BCUT2D eigenvalue weighted by atomic mass is 33.1. The number of hydrogen-bond acceptors (Lipinski definition) is 3. The minimum atomic E-state index is -3.03. The Morgan fingerprint density at radius 1 is 1.07 bits per heavy atom. The second-order valence-corrected chi connectivity index (χ2v) is 11.8. The third kappa shape index (κ3) is 8.67. The summed E-state index contributed by atoms with van der Waals surface area (Å²) in [7, 11) is 0. The lowest BCUT2D eigenvalue weighted by molar-refractivity contribution is 0.513. The zero-order chi connectivity index (χ0) is 11.9. The maximum atomic E-state index is 11.9. The summed E-state index contributed by atoms with van der Waals surface area (Å²) in [6.45, 7) is 8.27. The Labute approximate surface area is 102 Å². The highest BCUT2D eigenvalue weighted by Gasteiger charge is 2.25. The van der Waals surface area contributed by atoms with Gasteiger partial charge in [-0.15, -0.1) is 0 Å². The molecule has 0 amide bonds. The zero-order valence-electron chi connectivity index (χ0n) is 10.1. The molecule has 0 aliphatic heterocycles. The van der Waals surface area contributed by atoms with Gasteiger partial charge in [0, 0.05) is 10.5 Å². The van der Waals surface area contributed by atoms with Crippen LogP contribution in [-0.4, -0.2) is 15.4 Å². The lowest BCUT2D eigenvalue weighted by Gasteiger charge is -2.18. The van der Waals surface area contributed by atoms with Crippen LogP contribution in [0, 0.1) is 0 Å². The Morgan fingerprint density at radius 2 is 1.40 bits per heavy atom. The summed E-state index contributed by atoms with van der Waals surface area (Å²) < 4.78 is 11.9. The lowest BCUT2D eigenvalue weighted by atomic mass is 10.3. The van der Waals surface area contributed by atoms with Gasteiger partial charge in [-0.3, -0.25) is 4.57 Å². The average molecular weight is 270 g/mol. The van der Waals surface area contributed by atoms with Gasteiger partial charge >= 0.3 is 5.77 Å². The smallest absolute Gasteiger partial charge is 0.311 e. The molecule has 92 valence electrons. The van der Waals surface area contributed by atoms with Crippen molar-refractivity contribution < 1.29 is 9.46 Å². The van der Waals surface area contributed by atoms with Gasteiger partial charge in [-0.2, -0.15) is 0 Å². The number of rotatable bonds is 8. The van der Waals surface area contributed by atoms with Crippen LogP contribution in [0.25, 0.3) is 0 Å². The van der Waals surface area contributed by atoms with E-state index in [4.69, 9.17) is 0 Å². The fourth-order valence-corrected chi connectivity index (χ4v) is 9.64. The summed E-state index contributed by atoms with van der Waals surface area (Å²) in [5.41, 5.74) is 0. The third-order valence-electron chi connectivity index (χ3n) is 2.02. The van der Waals surface area contributed by atoms with E-state index in [1.807, 2.05) is 13.8 Å². The van der Waals surface area contributed by atoms with Crippen molar-refractivity contribution in [2.45, 2.75) is 63.9 Å². The minimum absolute atomic E-state index is 0.284. The predicted octanol–water partition coefficient (Wildman–Crippen LogP) is 4.93. The maximum Gasteiger partial charge on any atom is 0.311 e. The van der Waals surface area contributed by atoms with Crippen LogP contribution in [-0.2, 0) is 4.57 Å². The minimum Gasteiger partial charge on any atom is -0.329 e. The quantitative estimate of drug-likeness (QED) is 0.634. The molecule has 0 heterocycles. The highest BCUT2D eigenvalue weighted by Crippen LogP contribution is 2.69. The lowest BCUT2D eigenvalue weighted by Crippen LogP contribution is -1.97. The van der Waals surface area contributed by atoms with Gasteiger partial charge in [0.05, 0.1) is 0 Å². The fraction of sp³-hybridized carbons (Fsp3) is 1.00. The molecule has 0 radical (unpaired) electrons. The topological polar surface area (TPSA) is 37.3 Å². The van der Waals surface area contributed by atoms with Crippen LogP contribution < -0.4 is 0 Å². The van der Waals surface area contributed by atoms with Crippen LogP contribution in [0.15, 0.2) is 0 Å². The molecule has 0 fully saturated rings. The average Bonchev–Trinajstić information content (AvgIpc) is 2.01. The van der Waals surface area contributed by atoms with Gasteiger partial charge in [0.15, 0.2) is 0 Å².